The van der Waals surface area contributed by atoms with Crippen molar-refractivity contribution in [1.29, 1.82) is 0 Å². The van der Waals surface area contributed by atoms with Crippen molar-refractivity contribution in [3.8, 4) is 63.2 Å². The number of aromatic nitrogens is 1. The standard InChI is InChI=1S/C18H14NO9P/c1-22-9-4-8(5-10(6-9)23-2)13-15-11-7-12-17(24-3)14(20)16(11)27-29(21,26-12)28-18(19-13)25-15/h4-7,20H,1-3H3. The Morgan fingerprint density at radius 2 is 1.69 bits per heavy atom. The predicted molar refractivity (Wildman–Crippen MR) is 98.2 cm³/mol. The molecule has 6 bridgehead atoms. The van der Waals surface area contributed by atoms with Crippen molar-refractivity contribution in [2.24, 2.45) is 0 Å². The summed E-state index contributed by atoms with van der Waals surface area (Å²) >= 11 is 0. The highest BCUT2D eigenvalue weighted by Gasteiger charge is 2.46. The number of oxazole rings is 1. The van der Waals surface area contributed by atoms with Crippen LogP contribution in [0.5, 0.6) is 40.6 Å². The molecule has 0 amide bonds. The molecule has 4 heterocycles. The van der Waals surface area contributed by atoms with E-state index in [9.17, 15) is 9.67 Å². The number of phosphoric acid groups is 1. The average molecular weight is 419 g/mol. The molecular weight excluding hydrogens is 405 g/mol. The number of rotatable bonds is 4. The Labute approximate surface area is 164 Å². The average Bonchev–Trinajstić information content (AvgIpc) is 3.04. The molecule has 3 aliphatic heterocycles. The fourth-order valence-electron chi connectivity index (χ4n) is 3.18. The fourth-order valence-corrected chi connectivity index (χ4v) is 4.35. The molecule has 0 fully saturated rings. The van der Waals surface area contributed by atoms with Crippen molar-refractivity contribution in [1.82, 2.24) is 4.98 Å². The normalized spacial score (nSPS) is 18.0. The number of phenolic OH excluding ortho intramolecular Hbond substituents is 1. The van der Waals surface area contributed by atoms with E-state index in [4.69, 9.17) is 32.2 Å². The molecule has 3 aromatic rings. The lowest BCUT2D eigenvalue weighted by molar-refractivity contribution is 0.260. The lowest BCUT2D eigenvalue weighted by Crippen LogP contribution is -2.05. The van der Waals surface area contributed by atoms with Crippen molar-refractivity contribution >= 4 is 7.82 Å². The first-order valence-corrected chi connectivity index (χ1v) is 9.78. The van der Waals surface area contributed by atoms with Crippen LogP contribution in [0.1, 0.15) is 0 Å². The zero-order valence-corrected chi connectivity index (χ0v) is 16.3. The maximum atomic E-state index is 13.0. The van der Waals surface area contributed by atoms with Crippen LogP contribution in [0.4, 0.5) is 0 Å². The monoisotopic (exact) mass is 419 g/mol. The molecule has 11 heteroatoms. The summed E-state index contributed by atoms with van der Waals surface area (Å²) in [7, 11) is 0.169. The topological polar surface area (TPSA) is 119 Å². The van der Waals surface area contributed by atoms with Crippen LogP contribution in [-0.4, -0.2) is 31.4 Å². The second-order valence-corrected chi connectivity index (χ2v) is 7.56. The molecule has 0 saturated heterocycles. The summed E-state index contributed by atoms with van der Waals surface area (Å²) in [5, 5.41) is 10.6. The number of benzene rings is 2. The Hall–Kier alpha value is -3.52. The van der Waals surface area contributed by atoms with Gasteiger partial charge in [-0.25, -0.2) is 0 Å². The number of fused-ring (bicyclic) bond motifs is 3. The van der Waals surface area contributed by atoms with Gasteiger partial charge in [-0.1, -0.05) is 0 Å². The van der Waals surface area contributed by atoms with E-state index in [0.29, 0.717) is 22.8 Å². The summed E-state index contributed by atoms with van der Waals surface area (Å²) in [6.07, 6.45) is -0.313. The number of aromatic hydroxyl groups is 1. The first kappa shape index (κ1) is 17.6. The molecule has 2 aromatic carbocycles. The van der Waals surface area contributed by atoms with E-state index in [-0.39, 0.29) is 34.6 Å². The first-order valence-electron chi connectivity index (χ1n) is 8.32. The van der Waals surface area contributed by atoms with E-state index in [2.05, 4.69) is 4.98 Å². The van der Waals surface area contributed by atoms with Gasteiger partial charge in [-0.05, 0) is 18.2 Å². The van der Waals surface area contributed by atoms with Gasteiger partial charge in [0, 0.05) is 11.6 Å². The zero-order valence-electron chi connectivity index (χ0n) is 15.4. The third-order valence-corrected chi connectivity index (χ3v) is 5.66. The van der Waals surface area contributed by atoms with Crippen LogP contribution >= 0.6 is 7.82 Å². The molecule has 10 nitrogen and oxygen atoms in total. The minimum absolute atomic E-state index is 0.0172. The van der Waals surface area contributed by atoms with Crippen LogP contribution in [0.15, 0.2) is 28.7 Å². The Bertz CT molecular complexity index is 1180. The molecular formula is C18H14NO9P. The molecule has 3 aliphatic rings. The molecule has 0 radical (unpaired) electrons. The Morgan fingerprint density at radius 1 is 0.966 bits per heavy atom. The number of phenols is 1. The number of ether oxygens (including phenoxy) is 3. The zero-order chi connectivity index (χ0) is 20.3. The number of hydrogen-bond acceptors (Lipinski definition) is 10. The molecule has 1 aromatic heterocycles. The van der Waals surface area contributed by atoms with Crippen LogP contribution in [0, 0.1) is 0 Å². The molecule has 150 valence electrons. The van der Waals surface area contributed by atoms with Crippen molar-refractivity contribution in [3.63, 3.8) is 0 Å². The number of methoxy groups -OCH3 is 3. The van der Waals surface area contributed by atoms with E-state index >= 15 is 0 Å². The summed E-state index contributed by atoms with van der Waals surface area (Å²) in [6.45, 7) is 0. The molecule has 1 N–H and O–H groups in total. The third kappa shape index (κ3) is 2.56. The second kappa shape index (κ2) is 5.99. The first-order chi connectivity index (χ1) is 13.9. The summed E-state index contributed by atoms with van der Waals surface area (Å²) in [5.74, 6) is 0.663. The van der Waals surface area contributed by atoms with Crippen LogP contribution < -0.4 is 27.8 Å². The summed E-state index contributed by atoms with van der Waals surface area (Å²) in [4.78, 5) is 4.28. The van der Waals surface area contributed by atoms with Gasteiger partial charge in [-0.15, -0.1) is 0 Å². The Kier molecular flexibility index (Phi) is 3.63. The van der Waals surface area contributed by atoms with Gasteiger partial charge < -0.3 is 37.3 Å². The molecule has 6 rings (SSSR count). The number of phosphoric ester groups is 1. The SMILES string of the molecule is COc1cc(OC)cc(-c2nc3oc2-c2cc4c(OC)c(O)c2OP(=O)(O3)O4)c1. The quantitative estimate of drug-likeness (QED) is 0.621. The van der Waals surface area contributed by atoms with Gasteiger partial charge in [-0.3, -0.25) is 0 Å². The number of nitrogens with zero attached hydrogens (tertiary/aromatic N) is 1. The van der Waals surface area contributed by atoms with E-state index in [0.717, 1.165) is 0 Å². The highest BCUT2D eigenvalue weighted by Crippen LogP contribution is 2.65. The maximum Gasteiger partial charge on any atom is 0.650 e. The van der Waals surface area contributed by atoms with Crippen molar-refractivity contribution in [2.75, 3.05) is 21.3 Å². The molecule has 1 atom stereocenters. The van der Waals surface area contributed by atoms with Crippen LogP contribution in [0.25, 0.3) is 22.6 Å². The van der Waals surface area contributed by atoms with Gasteiger partial charge in [0.15, 0.2) is 17.3 Å². The van der Waals surface area contributed by atoms with E-state index in [1.807, 2.05) is 0 Å². The number of hydrogen-bond donors (Lipinski definition) is 1. The van der Waals surface area contributed by atoms with Gasteiger partial charge in [0.2, 0.25) is 11.5 Å². The Morgan fingerprint density at radius 3 is 2.34 bits per heavy atom. The van der Waals surface area contributed by atoms with Gasteiger partial charge in [-0.2, -0.15) is 9.55 Å². The van der Waals surface area contributed by atoms with Crippen LogP contribution in [-0.2, 0) is 4.57 Å². The summed E-state index contributed by atoms with van der Waals surface area (Å²) in [5.41, 5.74) is 1.19. The van der Waals surface area contributed by atoms with Gasteiger partial charge in [0.25, 0.3) is 0 Å². The Balaban J connectivity index is 1.80. The van der Waals surface area contributed by atoms with Crippen LogP contribution in [0.2, 0.25) is 0 Å². The van der Waals surface area contributed by atoms with Gasteiger partial charge >= 0.3 is 13.9 Å². The minimum atomic E-state index is -4.21. The predicted octanol–water partition coefficient (Wildman–Crippen LogP) is 4.01. The highest BCUT2D eigenvalue weighted by atomic mass is 31.2. The van der Waals surface area contributed by atoms with Crippen molar-refractivity contribution in [3.05, 3.63) is 24.3 Å². The second-order valence-electron chi connectivity index (χ2n) is 6.11. The molecule has 1 unspecified atom stereocenters. The molecule has 0 aliphatic carbocycles. The summed E-state index contributed by atoms with van der Waals surface area (Å²) in [6, 6.07) is 6.62. The lowest BCUT2D eigenvalue weighted by atomic mass is 10.0. The third-order valence-electron chi connectivity index (χ3n) is 4.46. The van der Waals surface area contributed by atoms with Gasteiger partial charge in [0.1, 0.15) is 17.2 Å². The maximum absolute atomic E-state index is 13.0. The minimum Gasteiger partial charge on any atom is -0.502 e. The highest BCUT2D eigenvalue weighted by molar-refractivity contribution is 7.49. The van der Waals surface area contributed by atoms with Crippen LogP contribution in [0.3, 0.4) is 0 Å². The van der Waals surface area contributed by atoms with E-state index in [1.165, 1.54) is 27.4 Å². The van der Waals surface area contributed by atoms with Gasteiger partial charge in [0.05, 0.1) is 26.9 Å². The fraction of sp³-hybridized carbons (Fsp3) is 0.167. The smallest absolute Gasteiger partial charge is 0.502 e. The largest absolute Gasteiger partial charge is 0.650 e. The van der Waals surface area contributed by atoms with E-state index in [1.54, 1.807) is 18.2 Å². The van der Waals surface area contributed by atoms with Crippen molar-refractivity contribution < 1.29 is 41.9 Å². The molecule has 0 spiro atoms. The summed E-state index contributed by atoms with van der Waals surface area (Å²) < 4.78 is 50.5. The van der Waals surface area contributed by atoms with E-state index < -0.39 is 13.6 Å². The molecule has 29 heavy (non-hydrogen) atoms. The lowest BCUT2D eigenvalue weighted by Gasteiger charge is -2.14. The van der Waals surface area contributed by atoms with Crippen molar-refractivity contribution in [2.45, 2.75) is 0 Å². The molecule has 0 saturated carbocycles.